The number of benzene rings is 2. The fourth-order valence-corrected chi connectivity index (χ4v) is 4.01. The number of pyridine rings is 1. The van der Waals surface area contributed by atoms with Gasteiger partial charge in [-0.1, -0.05) is 35.9 Å². The number of thiol groups is 1. The summed E-state index contributed by atoms with van der Waals surface area (Å²) in [6.07, 6.45) is 3.89. The number of fused-ring (bicyclic) bond motifs is 2. The normalized spacial score (nSPS) is 15.4. The van der Waals surface area contributed by atoms with E-state index in [0.717, 1.165) is 10.8 Å². The number of aromatic nitrogens is 1. The van der Waals surface area contributed by atoms with Gasteiger partial charge in [-0.05, 0) is 30.4 Å². The van der Waals surface area contributed by atoms with Crippen molar-refractivity contribution in [3.63, 3.8) is 0 Å². The predicted octanol–water partition coefficient (Wildman–Crippen LogP) is 4.63. The molecule has 4 rings (SSSR count). The van der Waals surface area contributed by atoms with Crippen LogP contribution in [-0.2, 0) is 9.59 Å². The van der Waals surface area contributed by atoms with E-state index in [2.05, 4.69) is 17.6 Å². The van der Waals surface area contributed by atoms with Gasteiger partial charge in [0.2, 0.25) is 11.8 Å². The van der Waals surface area contributed by atoms with Gasteiger partial charge in [-0.15, -0.1) is 0 Å². The molecule has 5 nitrogen and oxygen atoms in total. The SMILES string of the molecule is O=C(CCS)N(C(=O)[C@@H]1CCOc2ccc(Cl)cc21)c1cncc2ccccc12. The van der Waals surface area contributed by atoms with Crippen LogP contribution in [0.15, 0.2) is 54.9 Å². The molecular weight excluding hydrogens is 408 g/mol. The van der Waals surface area contributed by atoms with Gasteiger partial charge in [0.05, 0.1) is 24.4 Å². The Balaban J connectivity index is 1.82. The van der Waals surface area contributed by atoms with Crippen LogP contribution in [0, 0.1) is 0 Å². The van der Waals surface area contributed by atoms with E-state index in [-0.39, 0.29) is 18.2 Å². The Bertz CT molecular complexity index is 1080. The Morgan fingerprint density at radius 2 is 2.03 bits per heavy atom. The van der Waals surface area contributed by atoms with Crippen molar-refractivity contribution in [1.29, 1.82) is 0 Å². The molecule has 0 saturated carbocycles. The minimum absolute atomic E-state index is 0.143. The van der Waals surface area contributed by atoms with Gasteiger partial charge in [-0.3, -0.25) is 14.6 Å². The lowest BCUT2D eigenvalue weighted by atomic mass is 9.91. The lowest BCUT2D eigenvalue weighted by Gasteiger charge is -2.30. The molecule has 1 atom stereocenters. The van der Waals surface area contributed by atoms with Gasteiger partial charge in [-0.2, -0.15) is 12.6 Å². The van der Waals surface area contributed by atoms with Crippen molar-refractivity contribution in [2.24, 2.45) is 0 Å². The van der Waals surface area contributed by atoms with E-state index in [1.54, 1.807) is 30.6 Å². The Labute approximate surface area is 179 Å². The lowest BCUT2D eigenvalue weighted by molar-refractivity contribution is -0.127. The second-order valence-electron chi connectivity index (χ2n) is 6.79. The molecule has 29 heavy (non-hydrogen) atoms. The number of hydrogen-bond donors (Lipinski definition) is 1. The van der Waals surface area contributed by atoms with Crippen molar-refractivity contribution in [1.82, 2.24) is 4.98 Å². The molecule has 0 N–H and O–H groups in total. The van der Waals surface area contributed by atoms with Gasteiger partial charge in [0.25, 0.3) is 0 Å². The summed E-state index contributed by atoms with van der Waals surface area (Å²) in [5, 5.41) is 2.17. The smallest absolute Gasteiger partial charge is 0.241 e. The van der Waals surface area contributed by atoms with Crippen molar-refractivity contribution in [3.05, 3.63) is 65.4 Å². The summed E-state index contributed by atoms with van der Waals surface area (Å²) in [5.41, 5.74) is 1.18. The molecule has 148 valence electrons. The number of imide groups is 1. The zero-order valence-electron chi connectivity index (χ0n) is 15.5. The summed E-state index contributed by atoms with van der Waals surface area (Å²) < 4.78 is 5.68. The highest BCUT2D eigenvalue weighted by Gasteiger charge is 2.35. The average Bonchev–Trinajstić information content (AvgIpc) is 2.73. The monoisotopic (exact) mass is 426 g/mol. The molecule has 0 aliphatic carbocycles. The molecule has 2 amide bonds. The number of carbonyl (C=O) groups is 2. The predicted molar refractivity (Wildman–Crippen MR) is 117 cm³/mol. The van der Waals surface area contributed by atoms with Crippen molar-refractivity contribution in [3.8, 4) is 5.75 Å². The Morgan fingerprint density at radius 1 is 1.21 bits per heavy atom. The van der Waals surface area contributed by atoms with Gasteiger partial charge in [-0.25, -0.2) is 4.90 Å². The van der Waals surface area contributed by atoms with E-state index in [4.69, 9.17) is 16.3 Å². The third-order valence-electron chi connectivity index (χ3n) is 4.99. The summed E-state index contributed by atoms with van der Waals surface area (Å²) in [7, 11) is 0. The second-order valence-corrected chi connectivity index (χ2v) is 7.68. The molecular formula is C22H19ClN2O3S. The van der Waals surface area contributed by atoms with Gasteiger partial charge in [0.1, 0.15) is 5.75 Å². The second kappa shape index (κ2) is 8.43. The van der Waals surface area contributed by atoms with Crippen LogP contribution in [-0.4, -0.2) is 29.2 Å². The van der Waals surface area contributed by atoms with Crippen molar-refractivity contribution < 1.29 is 14.3 Å². The highest BCUT2D eigenvalue weighted by atomic mass is 35.5. The van der Waals surface area contributed by atoms with E-state index in [0.29, 0.717) is 40.8 Å². The molecule has 0 radical (unpaired) electrons. The highest BCUT2D eigenvalue weighted by Crippen LogP contribution is 2.38. The van der Waals surface area contributed by atoms with Crippen molar-refractivity contribution >= 4 is 52.5 Å². The zero-order valence-corrected chi connectivity index (χ0v) is 17.2. The molecule has 0 saturated heterocycles. The first-order chi connectivity index (χ1) is 14.1. The molecule has 1 aliphatic rings. The largest absolute Gasteiger partial charge is 0.493 e. The van der Waals surface area contributed by atoms with Crippen LogP contribution >= 0.6 is 24.2 Å². The quantitative estimate of drug-likeness (QED) is 0.618. The van der Waals surface area contributed by atoms with E-state index < -0.39 is 5.92 Å². The van der Waals surface area contributed by atoms with Gasteiger partial charge in [0, 0.05) is 34.0 Å². The molecule has 7 heteroatoms. The fourth-order valence-electron chi connectivity index (χ4n) is 3.64. The van der Waals surface area contributed by atoms with Crippen LogP contribution in [0.4, 0.5) is 5.69 Å². The van der Waals surface area contributed by atoms with Crippen LogP contribution in [0.2, 0.25) is 5.02 Å². The number of ether oxygens (including phenoxy) is 1. The van der Waals surface area contributed by atoms with Crippen LogP contribution in [0.25, 0.3) is 10.8 Å². The number of rotatable bonds is 4. The molecule has 0 fully saturated rings. The molecule has 1 aromatic heterocycles. The molecule has 0 unspecified atom stereocenters. The van der Waals surface area contributed by atoms with E-state index in [1.165, 1.54) is 4.90 Å². The lowest BCUT2D eigenvalue weighted by Crippen LogP contribution is -2.41. The van der Waals surface area contributed by atoms with Crippen LogP contribution in [0.3, 0.4) is 0 Å². The maximum Gasteiger partial charge on any atom is 0.241 e. The molecule has 2 heterocycles. The van der Waals surface area contributed by atoms with Crippen LogP contribution in [0.5, 0.6) is 5.75 Å². The molecule has 0 bridgehead atoms. The van der Waals surface area contributed by atoms with Crippen LogP contribution < -0.4 is 9.64 Å². The summed E-state index contributed by atoms with van der Waals surface area (Å²) in [5.74, 6) is -0.173. The minimum atomic E-state index is -0.528. The van der Waals surface area contributed by atoms with E-state index >= 15 is 0 Å². The van der Waals surface area contributed by atoms with Gasteiger partial charge in [0.15, 0.2) is 0 Å². The van der Waals surface area contributed by atoms with Gasteiger partial charge >= 0.3 is 0 Å². The Morgan fingerprint density at radius 3 is 2.86 bits per heavy atom. The highest BCUT2D eigenvalue weighted by molar-refractivity contribution is 7.80. The number of nitrogens with zero attached hydrogens (tertiary/aromatic N) is 2. The zero-order chi connectivity index (χ0) is 20.4. The maximum absolute atomic E-state index is 13.7. The van der Waals surface area contributed by atoms with Gasteiger partial charge < -0.3 is 4.74 Å². The molecule has 2 aromatic carbocycles. The van der Waals surface area contributed by atoms with Crippen molar-refractivity contribution in [2.45, 2.75) is 18.8 Å². The summed E-state index contributed by atoms with van der Waals surface area (Å²) in [6, 6.07) is 12.8. The molecule has 1 aliphatic heterocycles. The van der Waals surface area contributed by atoms with E-state index in [9.17, 15) is 9.59 Å². The minimum Gasteiger partial charge on any atom is -0.493 e. The number of amides is 2. The first-order valence-electron chi connectivity index (χ1n) is 9.33. The Kier molecular flexibility index (Phi) is 5.74. The standard InChI is InChI=1S/C22H19ClN2O3S/c23-15-5-6-20-18(11-15)17(7-9-28-20)22(27)25(21(26)8-10-29)19-13-24-12-14-3-1-2-4-16(14)19/h1-6,11-13,17,29H,7-10H2/t17-/m1/s1. The summed E-state index contributed by atoms with van der Waals surface area (Å²) >= 11 is 10.3. The third kappa shape index (κ3) is 3.82. The van der Waals surface area contributed by atoms with Crippen LogP contribution in [0.1, 0.15) is 24.3 Å². The number of anilines is 1. The number of hydrogen-bond acceptors (Lipinski definition) is 5. The fraction of sp³-hybridized carbons (Fsp3) is 0.227. The van der Waals surface area contributed by atoms with Crippen molar-refractivity contribution in [2.75, 3.05) is 17.3 Å². The first-order valence-corrected chi connectivity index (χ1v) is 10.3. The third-order valence-corrected chi connectivity index (χ3v) is 5.45. The molecule has 3 aromatic rings. The Hall–Kier alpha value is -2.57. The number of halogens is 1. The molecule has 0 spiro atoms. The summed E-state index contributed by atoms with van der Waals surface area (Å²) in [4.78, 5) is 32.2. The first kappa shape index (κ1) is 19.7. The summed E-state index contributed by atoms with van der Waals surface area (Å²) in [6.45, 7) is 0.396. The van der Waals surface area contributed by atoms with E-state index in [1.807, 2.05) is 24.3 Å². The number of carbonyl (C=O) groups excluding carboxylic acids is 2. The maximum atomic E-state index is 13.7. The average molecular weight is 427 g/mol. The topological polar surface area (TPSA) is 59.5 Å².